The number of hydrogen-bond donors (Lipinski definition) is 2. The fourth-order valence-corrected chi connectivity index (χ4v) is 3.31. The Bertz CT molecular complexity index is 1140. The quantitative estimate of drug-likeness (QED) is 0.424. The summed E-state index contributed by atoms with van der Waals surface area (Å²) in [5.74, 6) is 0.507. The van der Waals surface area contributed by atoms with Crippen molar-refractivity contribution in [3.8, 4) is 5.69 Å². The smallest absolute Gasteiger partial charge is 0.248 e. The van der Waals surface area contributed by atoms with E-state index in [1.807, 2.05) is 30.3 Å². The molecule has 0 saturated heterocycles. The lowest BCUT2D eigenvalue weighted by molar-refractivity contribution is 0.789. The number of nitrogens with one attached hydrogen (secondary N) is 1. The summed E-state index contributed by atoms with van der Waals surface area (Å²) in [5.41, 5.74) is 11.0. The van der Waals surface area contributed by atoms with E-state index in [9.17, 15) is 0 Å². The molecule has 0 spiro atoms. The first-order valence-corrected chi connectivity index (χ1v) is 10.5. The first kappa shape index (κ1) is 22.7. The van der Waals surface area contributed by atoms with Crippen molar-refractivity contribution < 1.29 is 0 Å². The molecule has 31 heavy (non-hydrogen) atoms. The third-order valence-electron chi connectivity index (χ3n) is 4.81. The molecule has 0 radical (unpaired) electrons. The third kappa shape index (κ3) is 5.82. The van der Waals surface area contributed by atoms with Crippen LogP contribution in [0.3, 0.4) is 0 Å². The SMILES string of the molecule is Cc1ccccc1CN.Cc1ccccc1CNc1nnnn1-c1cccc(Cl)c1Cl. The van der Waals surface area contributed by atoms with Gasteiger partial charge in [0.05, 0.1) is 15.7 Å². The molecule has 0 saturated carbocycles. The molecule has 1 heterocycles. The lowest BCUT2D eigenvalue weighted by Crippen LogP contribution is -2.08. The highest BCUT2D eigenvalue weighted by Gasteiger charge is 2.13. The van der Waals surface area contributed by atoms with Gasteiger partial charge in [-0.15, -0.1) is 0 Å². The number of rotatable bonds is 5. The van der Waals surface area contributed by atoms with Gasteiger partial charge in [-0.1, -0.05) is 82.9 Å². The van der Waals surface area contributed by atoms with Gasteiger partial charge < -0.3 is 11.1 Å². The number of tetrazole rings is 1. The van der Waals surface area contributed by atoms with Crippen molar-refractivity contribution in [3.63, 3.8) is 0 Å². The molecule has 0 aliphatic rings. The van der Waals surface area contributed by atoms with E-state index in [4.69, 9.17) is 28.9 Å². The lowest BCUT2D eigenvalue weighted by atomic mass is 10.1. The molecule has 4 aromatic rings. The van der Waals surface area contributed by atoms with E-state index in [0.29, 0.717) is 34.8 Å². The third-order valence-corrected chi connectivity index (χ3v) is 5.62. The number of nitrogens with two attached hydrogens (primary N) is 1. The molecule has 1 aromatic heterocycles. The van der Waals surface area contributed by atoms with Gasteiger partial charge >= 0.3 is 0 Å². The number of aryl methyl sites for hydroxylation is 2. The standard InChI is InChI=1S/C15H13Cl2N5.C8H11N/c1-10-5-2-3-6-11(10)9-18-15-19-20-21-22(15)13-8-4-7-12(16)14(13)17;1-7-4-2-3-5-8(7)6-9/h2-8H,9H2,1H3,(H,18,19,21);2-5H,6,9H2,1H3. The fraction of sp³-hybridized carbons (Fsp3) is 0.174. The van der Waals surface area contributed by atoms with Gasteiger partial charge in [0, 0.05) is 13.1 Å². The number of halogens is 2. The molecular formula is C23H24Cl2N6. The van der Waals surface area contributed by atoms with E-state index < -0.39 is 0 Å². The van der Waals surface area contributed by atoms with Gasteiger partial charge in [0.1, 0.15) is 0 Å². The van der Waals surface area contributed by atoms with Crippen molar-refractivity contribution >= 4 is 29.2 Å². The second kappa shape index (κ2) is 10.9. The first-order chi connectivity index (χ1) is 15.0. The topological polar surface area (TPSA) is 81.7 Å². The van der Waals surface area contributed by atoms with E-state index in [0.717, 1.165) is 0 Å². The molecule has 0 fully saturated rings. The second-order valence-corrected chi connectivity index (χ2v) is 7.68. The zero-order valence-electron chi connectivity index (χ0n) is 17.4. The Kier molecular flexibility index (Phi) is 8.00. The van der Waals surface area contributed by atoms with Gasteiger partial charge in [0.25, 0.3) is 0 Å². The van der Waals surface area contributed by atoms with E-state index in [-0.39, 0.29) is 0 Å². The number of anilines is 1. The van der Waals surface area contributed by atoms with Crippen molar-refractivity contribution in [3.05, 3.63) is 99.0 Å². The normalized spacial score (nSPS) is 10.4. The predicted octanol–water partition coefficient (Wildman–Crippen LogP) is 5.34. The van der Waals surface area contributed by atoms with Crippen LogP contribution in [-0.2, 0) is 13.1 Å². The molecule has 0 aliphatic carbocycles. The maximum atomic E-state index is 6.22. The monoisotopic (exact) mass is 454 g/mol. The zero-order chi connectivity index (χ0) is 22.2. The largest absolute Gasteiger partial charge is 0.349 e. The van der Waals surface area contributed by atoms with Gasteiger partial charge in [0.2, 0.25) is 5.95 Å². The minimum Gasteiger partial charge on any atom is -0.349 e. The molecule has 8 heteroatoms. The lowest BCUT2D eigenvalue weighted by Gasteiger charge is -2.10. The van der Waals surface area contributed by atoms with Crippen LogP contribution in [0.25, 0.3) is 5.69 Å². The Morgan fingerprint density at radius 1 is 0.871 bits per heavy atom. The summed E-state index contributed by atoms with van der Waals surface area (Å²) in [4.78, 5) is 0. The fourth-order valence-electron chi connectivity index (χ4n) is 2.94. The molecular weight excluding hydrogens is 431 g/mol. The van der Waals surface area contributed by atoms with E-state index in [1.165, 1.54) is 26.9 Å². The van der Waals surface area contributed by atoms with Gasteiger partial charge in [-0.05, 0) is 58.7 Å². The average molecular weight is 455 g/mol. The molecule has 0 unspecified atom stereocenters. The summed E-state index contributed by atoms with van der Waals surface area (Å²) < 4.78 is 1.53. The molecule has 4 rings (SSSR count). The van der Waals surface area contributed by atoms with Crippen molar-refractivity contribution in [1.82, 2.24) is 20.2 Å². The van der Waals surface area contributed by atoms with E-state index in [2.05, 4.69) is 59.0 Å². The van der Waals surface area contributed by atoms with Crippen LogP contribution in [0.15, 0.2) is 66.7 Å². The Morgan fingerprint density at radius 3 is 2.13 bits per heavy atom. The Morgan fingerprint density at radius 2 is 1.52 bits per heavy atom. The highest BCUT2D eigenvalue weighted by Crippen LogP contribution is 2.29. The maximum absolute atomic E-state index is 6.22. The van der Waals surface area contributed by atoms with Gasteiger partial charge in [-0.2, -0.15) is 4.68 Å². The summed E-state index contributed by atoms with van der Waals surface area (Å²) in [6.45, 7) is 5.40. The second-order valence-electron chi connectivity index (χ2n) is 6.90. The first-order valence-electron chi connectivity index (χ1n) is 9.77. The van der Waals surface area contributed by atoms with Crippen molar-refractivity contribution in [2.75, 3.05) is 5.32 Å². The summed E-state index contributed by atoms with van der Waals surface area (Å²) >= 11 is 12.3. The number of aromatic nitrogens is 4. The van der Waals surface area contributed by atoms with Gasteiger partial charge in [-0.25, -0.2) is 0 Å². The highest BCUT2D eigenvalue weighted by molar-refractivity contribution is 6.43. The summed E-state index contributed by atoms with van der Waals surface area (Å²) in [6, 6.07) is 21.6. The molecule has 0 bridgehead atoms. The van der Waals surface area contributed by atoms with Crippen LogP contribution in [-0.4, -0.2) is 20.2 Å². The van der Waals surface area contributed by atoms with Crippen LogP contribution in [0.2, 0.25) is 10.0 Å². The number of benzene rings is 3. The van der Waals surface area contributed by atoms with Crippen molar-refractivity contribution in [2.24, 2.45) is 5.73 Å². The molecule has 0 amide bonds. The Hall–Kier alpha value is -2.93. The molecule has 160 valence electrons. The molecule has 0 atom stereocenters. The van der Waals surface area contributed by atoms with Gasteiger partial charge in [-0.3, -0.25) is 0 Å². The summed E-state index contributed by atoms with van der Waals surface area (Å²) in [6.07, 6.45) is 0. The van der Waals surface area contributed by atoms with Crippen LogP contribution >= 0.6 is 23.2 Å². The Labute approximate surface area is 192 Å². The van der Waals surface area contributed by atoms with Crippen LogP contribution in [0.1, 0.15) is 22.3 Å². The number of hydrogen-bond acceptors (Lipinski definition) is 5. The van der Waals surface area contributed by atoms with Crippen LogP contribution in [0, 0.1) is 13.8 Å². The molecule has 3 aromatic carbocycles. The molecule has 3 N–H and O–H groups in total. The maximum Gasteiger partial charge on any atom is 0.248 e. The van der Waals surface area contributed by atoms with E-state index >= 15 is 0 Å². The van der Waals surface area contributed by atoms with Crippen LogP contribution < -0.4 is 11.1 Å². The molecule has 6 nitrogen and oxygen atoms in total. The highest BCUT2D eigenvalue weighted by atomic mass is 35.5. The molecule has 0 aliphatic heterocycles. The van der Waals surface area contributed by atoms with Crippen LogP contribution in [0.4, 0.5) is 5.95 Å². The zero-order valence-corrected chi connectivity index (χ0v) is 18.9. The summed E-state index contributed by atoms with van der Waals surface area (Å²) in [7, 11) is 0. The van der Waals surface area contributed by atoms with Crippen molar-refractivity contribution in [1.29, 1.82) is 0 Å². The average Bonchev–Trinajstić information content (AvgIpc) is 3.24. The Balaban J connectivity index is 0.000000254. The minimum atomic E-state index is 0.412. The van der Waals surface area contributed by atoms with Crippen molar-refractivity contribution in [2.45, 2.75) is 26.9 Å². The van der Waals surface area contributed by atoms with Gasteiger partial charge in [0.15, 0.2) is 0 Å². The van der Waals surface area contributed by atoms with Crippen LogP contribution in [0.5, 0.6) is 0 Å². The summed E-state index contributed by atoms with van der Waals surface area (Å²) in [5, 5.41) is 15.8. The number of nitrogens with zero attached hydrogens (tertiary/aromatic N) is 4. The predicted molar refractivity (Wildman–Crippen MR) is 127 cm³/mol. The minimum absolute atomic E-state index is 0.412. The van der Waals surface area contributed by atoms with E-state index in [1.54, 1.807) is 12.1 Å².